The molecule has 0 saturated heterocycles. The molecule has 3 N–H and O–H groups in total. The Kier molecular flexibility index (Phi) is 3.47. The Balaban J connectivity index is 2.84. The second-order valence-corrected chi connectivity index (χ2v) is 3.92. The summed E-state index contributed by atoms with van der Waals surface area (Å²) in [5, 5.41) is 9.76. The van der Waals surface area contributed by atoms with E-state index in [4.69, 9.17) is 5.73 Å². The summed E-state index contributed by atoms with van der Waals surface area (Å²) in [4.78, 5) is 0. The number of benzene rings is 1. The highest BCUT2D eigenvalue weighted by molar-refractivity contribution is 5.48. The predicted molar refractivity (Wildman–Crippen MR) is 55.2 cm³/mol. The zero-order valence-electron chi connectivity index (χ0n) is 8.50. The first-order chi connectivity index (χ1) is 6.50. The van der Waals surface area contributed by atoms with Gasteiger partial charge in [-0.05, 0) is 24.5 Å². The van der Waals surface area contributed by atoms with Gasteiger partial charge in [-0.15, -0.1) is 0 Å². The lowest BCUT2D eigenvalue weighted by Gasteiger charge is -2.15. The number of hydrogen-bond donors (Lipinski definition) is 2. The number of aliphatic hydroxyl groups is 1. The van der Waals surface area contributed by atoms with Crippen LogP contribution in [0.4, 0.5) is 10.1 Å². The Labute approximate surface area is 83.6 Å². The van der Waals surface area contributed by atoms with Crippen LogP contribution < -0.4 is 5.73 Å². The number of hydrogen-bond acceptors (Lipinski definition) is 2. The number of anilines is 1. The Morgan fingerprint density at radius 2 is 2.07 bits per heavy atom. The van der Waals surface area contributed by atoms with Gasteiger partial charge in [0.05, 0.1) is 6.10 Å². The lowest BCUT2D eigenvalue weighted by atomic mass is 9.98. The Bertz CT molecular complexity index is 312. The smallest absolute Gasteiger partial charge is 0.125 e. The van der Waals surface area contributed by atoms with E-state index >= 15 is 0 Å². The van der Waals surface area contributed by atoms with E-state index in [1.807, 2.05) is 13.8 Å². The number of aliphatic hydroxyl groups excluding tert-OH is 1. The second kappa shape index (κ2) is 4.42. The average Bonchev–Trinajstić information content (AvgIpc) is 2.01. The molecule has 0 fully saturated rings. The molecule has 1 aromatic carbocycles. The first-order valence-electron chi connectivity index (χ1n) is 4.73. The second-order valence-electron chi connectivity index (χ2n) is 3.92. The van der Waals surface area contributed by atoms with Gasteiger partial charge < -0.3 is 10.8 Å². The molecular formula is C11H16FNO. The van der Waals surface area contributed by atoms with Crippen LogP contribution in [0.3, 0.4) is 0 Å². The molecule has 1 atom stereocenters. The number of nitrogens with two attached hydrogens (primary N) is 1. The summed E-state index contributed by atoms with van der Waals surface area (Å²) in [6.07, 6.45) is 0.0335. The Hall–Kier alpha value is -1.09. The van der Waals surface area contributed by atoms with Gasteiger partial charge in [-0.1, -0.05) is 19.9 Å². The van der Waals surface area contributed by atoms with Crippen molar-refractivity contribution in [1.82, 2.24) is 0 Å². The summed E-state index contributed by atoms with van der Waals surface area (Å²) in [5.41, 5.74) is 6.53. The first-order valence-corrected chi connectivity index (χ1v) is 4.73. The van der Waals surface area contributed by atoms with Crippen molar-refractivity contribution in [3.05, 3.63) is 29.6 Å². The normalized spacial score (nSPS) is 13.2. The molecule has 0 radical (unpaired) electrons. The largest absolute Gasteiger partial charge is 0.398 e. The number of rotatable bonds is 3. The van der Waals surface area contributed by atoms with E-state index in [9.17, 15) is 9.50 Å². The van der Waals surface area contributed by atoms with E-state index in [1.165, 1.54) is 18.2 Å². The zero-order chi connectivity index (χ0) is 10.7. The summed E-state index contributed by atoms with van der Waals surface area (Å²) in [6.45, 7) is 4.03. The van der Waals surface area contributed by atoms with E-state index in [2.05, 4.69) is 0 Å². The summed E-state index contributed by atoms with van der Waals surface area (Å²) in [6, 6.07) is 4.09. The van der Waals surface area contributed by atoms with Crippen molar-refractivity contribution in [2.75, 3.05) is 5.73 Å². The van der Waals surface area contributed by atoms with E-state index in [0.29, 0.717) is 23.6 Å². The van der Waals surface area contributed by atoms with Crippen LogP contribution in [-0.2, 0) is 0 Å². The molecular weight excluding hydrogens is 181 g/mol. The molecule has 0 heterocycles. The molecule has 78 valence electrons. The topological polar surface area (TPSA) is 46.2 Å². The minimum absolute atomic E-state index is 0.318. The summed E-state index contributed by atoms with van der Waals surface area (Å²) in [7, 11) is 0. The van der Waals surface area contributed by atoms with Crippen LogP contribution in [-0.4, -0.2) is 5.11 Å². The fraction of sp³-hybridized carbons (Fsp3) is 0.455. The third-order valence-electron chi connectivity index (χ3n) is 2.10. The molecule has 0 spiro atoms. The van der Waals surface area contributed by atoms with E-state index in [0.717, 1.165) is 0 Å². The molecule has 1 unspecified atom stereocenters. The maximum absolute atomic E-state index is 12.7. The highest BCUT2D eigenvalue weighted by atomic mass is 19.1. The zero-order valence-corrected chi connectivity index (χ0v) is 8.50. The van der Waals surface area contributed by atoms with Gasteiger partial charge in [0.1, 0.15) is 5.82 Å². The van der Waals surface area contributed by atoms with Gasteiger partial charge in [0.15, 0.2) is 0 Å². The molecule has 1 aromatic rings. The van der Waals surface area contributed by atoms with Gasteiger partial charge >= 0.3 is 0 Å². The van der Waals surface area contributed by atoms with Gasteiger partial charge in [0, 0.05) is 11.3 Å². The van der Waals surface area contributed by atoms with Crippen molar-refractivity contribution in [3.63, 3.8) is 0 Å². The van der Waals surface area contributed by atoms with Crippen LogP contribution in [0, 0.1) is 11.7 Å². The van der Waals surface area contributed by atoms with Gasteiger partial charge in [0.25, 0.3) is 0 Å². The summed E-state index contributed by atoms with van der Waals surface area (Å²) >= 11 is 0. The molecule has 0 saturated carbocycles. The lowest BCUT2D eigenvalue weighted by Crippen LogP contribution is -2.05. The highest BCUT2D eigenvalue weighted by Gasteiger charge is 2.12. The predicted octanol–water partition coefficient (Wildman–Crippen LogP) is 2.49. The highest BCUT2D eigenvalue weighted by Crippen LogP contribution is 2.26. The molecule has 0 bridgehead atoms. The SMILES string of the molecule is CC(C)CC(O)c1ccc(F)cc1N. The molecule has 0 aliphatic heterocycles. The Morgan fingerprint density at radius 1 is 1.43 bits per heavy atom. The fourth-order valence-corrected chi connectivity index (χ4v) is 1.42. The molecule has 0 aliphatic carbocycles. The monoisotopic (exact) mass is 197 g/mol. The van der Waals surface area contributed by atoms with Gasteiger partial charge in [-0.3, -0.25) is 0 Å². The minimum Gasteiger partial charge on any atom is -0.398 e. The first kappa shape index (κ1) is 11.0. The standard InChI is InChI=1S/C11H16FNO/c1-7(2)5-11(14)9-4-3-8(12)6-10(9)13/h3-4,6-7,11,14H,5,13H2,1-2H3. The van der Waals surface area contributed by atoms with Crippen molar-refractivity contribution in [3.8, 4) is 0 Å². The average molecular weight is 197 g/mol. The number of nitrogen functional groups attached to an aromatic ring is 1. The summed E-state index contributed by atoms with van der Waals surface area (Å²) in [5.74, 6) is 0.0115. The molecule has 0 aromatic heterocycles. The molecule has 0 amide bonds. The number of halogens is 1. The van der Waals surface area contributed by atoms with Crippen molar-refractivity contribution in [1.29, 1.82) is 0 Å². The molecule has 14 heavy (non-hydrogen) atoms. The third kappa shape index (κ3) is 2.70. The van der Waals surface area contributed by atoms with Gasteiger partial charge in [0.2, 0.25) is 0 Å². The maximum atomic E-state index is 12.7. The van der Waals surface area contributed by atoms with Crippen molar-refractivity contribution in [2.24, 2.45) is 5.92 Å². The van der Waals surface area contributed by atoms with Crippen LogP contribution >= 0.6 is 0 Å². The van der Waals surface area contributed by atoms with Crippen LogP contribution in [0.15, 0.2) is 18.2 Å². The fourth-order valence-electron chi connectivity index (χ4n) is 1.42. The third-order valence-corrected chi connectivity index (χ3v) is 2.10. The minimum atomic E-state index is -0.601. The maximum Gasteiger partial charge on any atom is 0.125 e. The van der Waals surface area contributed by atoms with Crippen LogP contribution in [0.5, 0.6) is 0 Å². The van der Waals surface area contributed by atoms with Crippen molar-refractivity contribution in [2.45, 2.75) is 26.4 Å². The van der Waals surface area contributed by atoms with E-state index in [1.54, 1.807) is 0 Å². The van der Waals surface area contributed by atoms with Gasteiger partial charge in [-0.2, -0.15) is 0 Å². The van der Waals surface area contributed by atoms with Crippen LogP contribution in [0.1, 0.15) is 31.9 Å². The summed E-state index contributed by atoms with van der Waals surface area (Å²) < 4.78 is 12.7. The molecule has 0 aliphatic rings. The lowest BCUT2D eigenvalue weighted by molar-refractivity contribution is 0.151. The van der Waals surface area contributed by atoms with E-state index < -0.39 is 6.10 Å². The Morgan fingerprint density at radius 3 is 2.57 bits per heavy atom. The van der Waals surface area contributed by atoms with E-state index in [-0.39, 0.29) is 5.82 Å². The quantitative estimate of drug-likeness (QED) is 0.731. The van der Waals surface area contributed by atoms with Crippen molar-refractivity contribution < 1.29 is 9.50 Å². The van der Waals surface area contributed by atoms with Crippen LogP contribution in [0.25, 0.3) is 0 Å². The molecule has 1 rings (SSSR count). The molecule has 2 nitrogen and oxygen atoms in total. The van der Waals surface area contributed by atoms with Crippen LogP contribution in [0.2, 0.25) is 0 Å². The van der Waals surface area contributed by atoms with Crippen molar-refractivity contribution >= 4 is 5.69 Å². The van der Waals surface area contributed by atoms with Gasteiger partial charge in [-0.25, -0.2) is 4.39 Å². The molecule has 3 heteroatoms.